The van der Waals surface area contributed by atoms with Gasteiger partial charge < -0.3 is 9.64 Å². The lowest BCUT2D eigenvalue weighted by atomic mass is 10.0. The van der Waals surface area contributed by atoms with Crippen molar-refractivity contribution >= 4 is 17.2 Å². The molecule has 28 heavy (non-hydrogen) atoms. The summed E-state index contributed by atoms with van der Waals surface area (Å²) in [6.07, 6.45) is 1.70. The van der Waals surface area contributed by atoms with E-state index in [9.17, 15) is 4.79 Å². The molecule has 0 saturated carbocycles. The molecule has 1 amide bonds. The molecule has 2 aromatic carbocycles. The van der Waals surface area contributed by atoms with E-state index < -0.39 is 0 Å². The van der Waals surface area contributed by atoms with Crippen LogP contribution in [0.25, 0.3) is 10.4 Å². The van der Waals surface area contributed by atoms with Gasteiger partial charge in [-0.05, 0) is 47.3 Å². The number of carbonyl (C=O) groups excluding carboxylic acids is 1. The topological polar surface area (TPSA) is 53.3 Å². The van der Waals surface area contributed by atoms with Gasteiger partial charge in [0, 0.05) is 36.4 Å². The Morgan fingerprint density at radius 2 is 1.89 bits per heavy atom. The Labute approximate surface area is 168 Å². The molecule has 0 bridgehead atoms. The third kappa shape index (κ3) is 4.08. The fourth-order valence-electron chi connectivity index (χ4n) is 3.44. The first-order valence-electron chi connectivity index (χ1n) is 9.33. The van der Waals surface area contributed by atoms with E-state index >= 15 is 0 Å². The van der Waals surface area contributed by atoms with Crippen LogP contribution in [0.5, 0.6) is 5.75 Å². The van der Waals surface area contributed by atoms with Gasteiger partial charge in [0.1, 0.15) is 11.9 Å². The second-order valence-electron chi connectivity index (χ2n) is 6.81. The molecule has 1 fully saturated rings. The molecule has 1 saturated heterocycles. The summed E-state index contributed by atoms with van der Waals surface area (Å²) in [6, 6.07) is 21.3. The molecule has 1 aliphatic heterocycles. The molecule has 1 aromatic heterocycles. The van der Waals surface area contributed by atoms with Gasteiger partial charge >= 0.3 is 0 Å². The first-order chi connectivity index (χ1) is 13.7. The molecule has 0 atom stereocenters. The standard InChI is InChI=1S/C23H20N2O2S/c24-16-17-4-1-6-19(14-17)23(26)25-11-9-20(10-12-25)27-21-7-2-5-18(15-21)22-8-3-13-28-22/h1-8,13-15,20H,9-12H2. The first kappa shape index (κ1) is 18.3. The molecule has 4 rings (SSSR count). The van der Waals surface area contributed by atoms with Crippen LogP contribution in [0.4, 0.5) is 0 Å². The molecule has 3 aromatic rings. The monoisotopic (exact) mass is 388 g/mol. The van der Waals surface area contributed by atoms with E-state index in [1.807, 2.05) is 23.1 Å². The van der Waals surface area contributed by atoms with Crippen LogP contribution in [0, 0.1) is 11.3 Å². The van der Waals surface area contributed by atoms with Crippen molar-refractivity contribution in [2.45, 2.75) is 18.9 Å². The first-order valence-corrected chi connectivity index (χ1v) is 10.2. The molecule has 1 aliphatic rings. The molecular weight excluding hydrogens is 368 g/mol. The Hall–Kier alpha value is -3.10. The van der Waals surface area contributed by atoms with Gasteiger partial charge in [-0.3, -0.25) is 4.79 Å². The fraction of sp³-hybridized carbons (Fsp3) is 0.217. The summed E-state index contributed by atoms with van der Waals surface area (Å²) in [7, 11) is 0. The van der Waals surface area contributed by atoms with Crippen molar-refractivity contribution in [2.75, 3.05) is 13.1 Å². The van der Waals surface area contributed by atoms with Crippen molar-refractivity contribution in [2.24, 2.45) is 0 Å². The quantitative estimate of drug-likeness (QED) is 0.634. The van der Waals surface area contributed by atoms with Crippen molar-refractivity contribution in [1.82, 2.24) is 4.90 Å². The predicted octanol–water partition coefficient (Wildman–Crippen LogP) is 4.97. The predicted molar refractivity (Wildman–Crippen MR) is 110 cm³/mol. The van der Waals surface area contributed by atoms with Gasteiger partial charge in [0.25, 0.3) is 5.91 Å². The zero-order valence-corrected chi connectivity index (χ0v) is 16.2. The Kier molecular flexibility index (Phi) is 5.41. The second kappa shape index (κ2) is 8.28. The Balaban J connectivity index is 1.36. The van der Waals surface area contributed by atoms with Crippen LogP contribution in [-0.2, 0) is 0 Å². The Morgan fingerprint density at radius 1 is 1.07 bits per heavy atom. The number of benzene rings is 2. The van der Waals surface area contributed by atoms with Crippen LogP contribution < -0.4 is 4.74 Å². The fourth-order valence-corrected chi connectivity index (χ4v) is 4.16. The largest absolute Gasteiger partial charge is 0.490 e. The van der Waals surface area contributed by atoms with Gasteiger partial charge in [-0.25, -0.2) is 0 Å². The van der Waals surface area contributed by atoms with Gasteiger partial charge in [-0.15, -0.1) is 11.3 Å². The maximum atomic E-state index is 12.7. The average Bonchev–Trinajstić information content (AvgIpc) is 3.29. The van der Waals surface area contributed by atoms with Crippen molar-refractivity contribution in [3.05, 3.63) is 77.2 Å². The van der Waals surface area contributed by atoms with Crippen molar-refractivity contribution < 1.29 is 9.53 Å². The lowest BCUT2D eigenvalue weighted by Gasteiger charge is -2.32. The summed E-state index contributed by atoms with van der Waals surface area (Å²) >= 11 is 1.71. The number of nitrogens with zero attached hydrogens (tertiary/aromatic N) is 2. The van der Waals surface area contributed by atoms with E-state index in [1.165, 1.54) is 4.88 Å². The van der Waals surface area contributed by atoms with Crippen LogP contribution in [0.3, 0.4) is 0 Å². The van der Waals surface area contributed by atoms with Crippen molar-refractivity contribution in [3.63, 3.8) is 0 Å². The minimum absolute atomic E-state index is 0.0183. The van der Waals surface area contributed by atoms with Crippen LogP contribution >= 0.6 is 11.3 Å². The normalized spacial score (nSPS) is 14.5. The summed E-state index contributed by atoms with van der Waals surface area (Å²) in [5, 5.41) is 11.1. The van der Waals surface area contributed by atoms with Gasteiger partial charge in [0.2, 0.25) is 0 Å². The molecule has 0 radical (unpaired) electrons. The highest BCUT2D eigenvalue weighted by molar-refractivity contribution is 7.13. The maximum absolute atomic E-state index is 12.7. The minimum Gasteiger partial charge on any atom is -0.490 e. The molecule has 5 heteroatoms. The Morgan fingerprint density at radius 3 is 2.64 bits per heavy atom. The minimum atomic E-state index is -0.0183. The average molecular weight is 388 g/mol. The number of nitriles is 1. The lowest BCUT2D eigenvalue weighted by molar-refractivity contribution is 0.0595. The van der Waals surface area contributed by atoms with Crippen molar-refractivity contribution in [3.8, 4) is 22.3 Å². The van der Waals surface area contributed by atoms with E-state index in [4.69, 9.17) is 10.00 Å². The van der Waals surface area contributed by atoms with Gasteiger partial charge in [-0.2, -0.15) is 5.26 Å². The van der Waals surface area contributed by atoms with E-state index in [0.717, 1.165) is 24.2 Å². The van der Waals surface area contributed by atoms with Crippen LogP contribution in [-0.4, -0.2) is 30.0 Å². The van der Waals surface area contributed by atoms with Crippen molar-refractivity contribution in [1.29, 1.82) is 5.26 Å². The highest BCUT2D eigenvalue weighted by Gasteiger charge is 2.25. The molecule has 0 aliphatic carbocycles. The SMILES string of the molecule is N#Cc1cccc(C(=O)N2CCC(Oc3cccc(-c4cccs4)c3)CC2)c1. The summed E-state index contributed by atoms with van der Waals surface area (Å²) in [5.41, 5.74) is 2.24. The van der Waals surface area contributed by atoms with E-state index in [1.54, 1.807) is 35.6 Å². The summed E-state index contributed by atoms with van der Waals surface area (Å²) in [6.45, 7) is 1.32. The third-order valence-corrected chi connectivity index (χ3v) is 5.83. The molecule has 4 nitrogen and oxygen atoms in total. The molecular formula is C23H20N2O2S. The molecule has 0 N–H and O–H groups in total. The molecule has 0 spiro atoms. The Bertz CT molecular complexity index is 999. The van der Waals surface area contributed by atoms with Gasteiger partial charge in [0.05, 0.1) is 11.6 Å². The molecule has 0 unspecified atom stereocenters. The highest BCUT2D eigenvalue weighted by atomic mass is 32.1. The zero-order chi connectivity index (χ0) is 19.3. The summed E-state index contributed by atoms with van der Waals surface area (Å²) in [4.78, 5) is 15.8. The van der Waals surface area contributed by atoms with E-state index in [0.29, 0.717) is 24.2 Å². The van der Waals surface area contributed by atoms with E-state index in [-0.39, 0.29) is 12.0 Å². The summed E-state index contributed by atoms with van der Waals surface area (Å²) < 4.78 is 6.19. The van der Waals surface area contributed by atoms with Crippen LogP contribution in [0.1, 0.15) is 28.8 Å². The lowest BCUT2D eigenvalue weighted by Crippen LogP contribution is -2.41. The van der Waals surface area contributed by atoms with Gasteiger partial charge in [0.15, 0.2) is 0 Å². The number of rotatable bonds is 4. The molecule has 2 heterocycles. The van der Waals surface area contributed by atoms with E-state index in [2.05, 4.69) is 29.6 Å². The van der Waals surface area contributed by atoms with Crippen LogP contribution in [0.15, 0.2) is 66.0 Å². The smallest absolute Gasteiger partial charge is 0.253 e. The number of thiophene rings is 1. The highest BCUT2D eigenvalue weighted by Crippen LogP contribution is 2.29. The number of piperidine rings is 1. The zero-order valence-electron chi connectivity index (χ0n) is 15.4. The van der Waals surface area contributed by atoms with Gasteiger partial charge in [-0.1, -0.05) is 24.3 Å². The number of hydrogen-bond donors (Lipinski definition) is 0. The number of amides is 1. The summed E-state index contributed by atoms with van der Waals surface area (Å²) in [5.74, 6) is 0.854. The van der Waals surface area contributed by atoms with Crippen LogP contribution in [0.2, 0.25) is 0 Å². The number of ether oxygens (including phenoxy) is 1. The molecule has 140 valence electrons. The third-order valence-electron chi connectivity index (χ3n) is 4.91. The second-order valence-corrected chi connectivity index (χ2v) is 7.75. The number of likely N-dealkylation sites (tertiary alicyclic amines) is 1. The number of hydrogen-bond acceptors (Lipinski definition) is 4. The maximum Gasteiger partial charge on any atom is 0.253 e. The number of carbonyl (C=O) groups is 1.